The van der Waals surface area contributed by atoms with E-state index in [1.807, 2.05) is 0 Å². The molecule has 0 amide bonds. The molecular weight excluding hydrogens is 356 g/mol. The lowest BCUT2D eigenvalue weighted by Crippen LogP contribution is -2.11. The maximum atomic E-state index is 10.7. The number of carboxylic acids is 1. The van der Waals surface area contributed by atoms with Crippen molar-refractivity contribution in [1.29, 1.82) is 0 Å². The summed E-state index contributed by atoms with van der Waals surface area (Å²) in [4.78, 5) is 10.7. The van der Waals surface area contributed by atoms with E-state index in [2.05, 4.69) is 41.5 Å². The van der Waals surface area contributed by atoms with Crippen LogP contribution in [0.1, 0.15) is 138 Å². The van der Waals surface area contributed by atoms with Crippen LogP contribution in [0.4, 0.5) is 0 Å². The molecule has 0 aromatic rings. The maximum Gasteiger partial charge on any atom is 0.303 e. The molecule has 5 unspecified atom stereocenters. The first-order valence-electron chi connectivity index (χ1n) is 13.0. The van der Waals surface area contributed by atoms with Crippen molar-refractivity contribution in [2.75, 3.05) is 0 Å². The zero-order chi connectivity index (χ0) is 22.1. The van der Waals surface area contributed by atoms with Crippen molar-refractivity contribution in [3.63, 3.8) is 0 Å². The molecule has 0 aromatic carbocycles. The monoisotopic (exact) mass is 410 g/mol. The standard InChI is InChI=1S/C27H54O2/c1-7-8-9-11-14-22(2)15-12-10-13-16-23(3)19-25(5)21-26(6)20-24(4)17-18-27(28)29/h22-26H,7-21H2,1-6H3,(H,28,29). The number of carbonyl (C=O) groups is 1. The summed E-state index contributed by atoms with van der Waals surface area (Å²) >= 11 is 0. The van der Waals surface area contributed by atoms with Crippen LogP contribution in [0.2, 0.25) is 0 Å². The van der Waals surface area contributed by atoms with Crippen LogP contribution in [0.5, 0.6) is 0 Å². The Morgan fingerprint density at radius 2 is 1.00 bits per heavy atom. The molecule has 1 N–H and O–H groups in total. The average Bonchev–Trinajstić information content (AvgIpc) is 2.62. The predicted octanol–water partition coefficient (Wildman–Crippen LogP) is 9.12. The Morgan fingerprint density at radius 3 is 1.48 bits per heavy atom. The van der Waals surface area contributed by atoms with E-state index in [4.69, 9.17) is 5.11 Å². The first kappa shape index (κ1) is 28.5. The molecule has 174 valence electrons. The van der Waals surface area contributed by atoms with Gasteiger partial charge in [0.15, 0.2) is 0 Å². The highest BCUT2D eigenvalue weighted by Gasteiger charge is 2.15. The molecule has 29 heavy (non-hydrogen) atoms. The molecule has 2 heteroatoms. The molecule has 0 radical (unpaired) electrons. The lowest BCUT2D eigenvalue weighted by atomic mass is 9.83. The Labute approximate surface area is 183 Å². The summed E-state index contributed by atoms with van der Waals surface area (Å²) in [7, 11) is 0. The van der Waals surface area contributed by atoms with E-state index >= 15 is 0 Å². The molecule has 0 aliphatic heterocycles. The van der Waals surface area contributed by atoms with E-state index in [0.717, 1.165) is 24.2 Å². The second kappa shape index (κ2) is 18.3. The highest BCUT2D eigenvalue weighted by Crippen LogP contribution is 2.27. The van der Waals surface area contributed by atoms with Crippen LogP contribution in [0.25, 0.3) is 0 Å². The van der Waals surface area contributed by atoms with E-state index in [1.165, 1.54) is 83.5 Å². The summed E-state index contributed by atoms with van der Waals surface area (Å²) in [5.41, 5.74) is 0. The molecular formula is C27H54O2. The molecule has 0 rings (SSSR count). The third kappa shape index (κ3) is 19.2. The van der Waals surface area contributed by atoms with Gasteiger partial charge in [-0.2, -0.15) is 0 Å². The average molecular weight is 411 g/mol. The van der Waals surface area contributed by atoms with Gasteiger partial charge >= 0.3 is 5.97 Å². The topological polar surface area (TPSA) is 37.3 Å². The first-order valence-corrected chi connectivity index (χ1v) is 13.0. The minimum Gasteiger partial charge on any atom is -0.481 e. The number of aliphatic carboxylic acids is 1. The van der Waals surface area contributed by atoms with Gasteiger partial charge in [0.1, 0.15) is 0 Å². The molecule has 0 aliphatic rings. The van der Waals surface area contributed by atoms with Gasteiger partial charge in [0.05, 0.1) is 0 Å². The van der Waals surface area contributed by atoms with Crippen molar-refractivity contribution in [2.45, 2.75) is 138 Å². The van der Waals surface area contributed by atoms with Gasteiger partial charge in [-0.15, -0.1) is 0 Å². The number of hydrogen-bond acceptors (Lipinski definition) is 1. The molecule has 0 fully saturated rings. The summed E-state index contributed by atoms with van der Waals surface area (Å²) in [5, 5.41) is 8.82. The van der Waals surface area contributed by atoms with Gasteiger partial charge in [0.25, 0.3) is 0 Å². The molecule has 0 heterocycles. The smallest absolute Gasteiger partial charge is 0.303 e. The van der Waals surface area contributed by atoms with E-state index in [1.54, 1.807) is 0 Å². The van der Waals surface area contributed by atoms with Gasteiger partial charge in [0.2, 0.25) is 0 Å². The first-order chi connectivity index (χ1) is 13.7. The lowest BCUT2D eigenvalue weighted by molar-refractivity contribution is -0.137. The Hall–Kier alpha value is -0.530. The van der Waals surface area contributed by atoms with Gasteiger partial charge in [-0.1, -0.05) is 106 Å². The molecule has 0 saturated heterocycles. The molecule has 0 saturated carbocycles. The van der Waals surface area contributed by atoms with Gasteiger partial charge in [-0.25, -0.2) is 0 Å². The van der Waals surface area contributed by atoms with E-state index in [0.29, 0.717) is 18.3 Å². The summed E-state index contributed by atoms with van der Waals surface area (Å²) in [6.07, 6.45) is 19.0. The molecule has 0 aliphatic carbocycles. The second-order valence-corrected chi connectivity index (χ2v) is 10.7. The second-order valence-electron chi connectivity index (χ2n) is 10.7. The number of rotatable bonds is 20. The van der Waals surface area contributed by atoms with Crippen LogP contribution in [-0.2, 0) is 4.79 Å². The molecule has 0 aromatic heterocycles. The highest BCUT2D eigenvalue weighted by molar-refractivity contribution is 5.66. The van der Waals surface area contributed by atoms with Crippen LogP contribution in [0, 0.1) is 29.6 Å². The Bertz CT molecular complexity index is 379. The van der Waals surface area contributed by atoms with Gasteiger partial charge in [0, 0.05) is 6.42 Å². The van der Waals surface area contributed by atoms with Gasteiger partial charge < -0.3 is 5.11 Å². The van der Waals surface area contributed by atoms with Crippen LogP contribution in [0.15, 0.2) is 0 Å². The fraction of sp³-hybridized carbons (Fsp3) is 0.963. The largest absolute Gasteiger partial charge is 0.481 e. The van der Waals surface area contributed by atoms with Crippen LogP contribution < -0.4 is 0 Å². The normalized spacial score (nSPS) is 16.9. The van der Waals surface area contributed by atoms with Crippen LogP contribution in [-0.4, -0.2) is 11.1 Å². The van der Waals surface area contributed by atoms with Crippen molar-refractivity contribution in [3.8, 4) is 0 Å². The zero-order valence-electron chi connectivity index (χ0n) is 20.8. The number of carboxylic acid groups (broad SMARTS) is 1. The van der Waals surface area contributed by atoms with Crippen molar-refractivity contribution in [1.82, 2.24) is 0 Å². The fourth-order valence-corrected chi connectivity index (χ4v) is 5.08. The third-order valence-electron chi connectivity index (χ3n) is 6.71. The SMILES string of the molecule is CCCCCCC(C)CCCCCC(C)CC(C)CC(C)CC(C)CCC(=O)O. The maximum absolute atomic E-state index is 10.7. The number of unbranched alkanes of at least 4 members (excludes halogenated alkanes) is 5. The predicted molar refractivity (Wildman–Crippen MR) is 128 cm³/mol. The Morgan fingerprint density at radius 1 is 0.586 bits per heavy atom. The molecule has 0 bridgehead atoms. The summed E-state index contributed by atoms with van der Waals surface area (Å²) in [6, 6.07) is 0. The Balaban J connectivity index is 3.72. The highest BCUT2D eigenvalue weighted by atomic mass is 16.4. The third-order valence-corrected chi connectivity index (χ3v) is 6.71. The van der Waals surface area contributed by atoms with Gasteiger partial charge in [-0.3, -0.25) is 4.79 Å². The minimum atomic E-state index is -0.659. The van der Waals surface area contributed by atoms with E-state index < -0.39 is 5.97 Å². The number of hydrogen-bond donors (Lipinski definition) is 1. The zero-order valence-corrected chi connectivity index (χ0v) is 20.8. The minimum absolute atomic E-state index is 0.318. The summed E-state index contributed by atoms with van der Waals surface area (Å²) in [6.45, 7) is 14.1. The van der Waals surface area contributed by atoms with E-state index in [9.17, 15) is 4.79 Å². The molecule has 2 nitrogen and oxygen atoms in total. The Kier molecular flexibility index (Phi) is 17.9. The molecule has 0 spiro atoms. The summed E-state index contributed by atoms with van der Waals surface area (Å²) < 4.78 is 0. The van der Waals surface area contributed by atoms with Crippen LogP contribution >= 0.6 is 0 Å². The quantitative estimate of drug-likeness (QED) is 0.203. The fourth-order valence-electron chi connectivity index (χ4n) is 5.08. The lowest BCUT2D eigenvalue weighted by Gasteiger charge is -2.23. The van der Waals surface area contributed by atoms with Crippen molar-refractivity contribution in [3.05, 3.63) is 0 Å². The van der Waals surface area contributed by atoms with Crippen molar-refractivity contribution in [2.24, 2.45) is 29.6 Å². The van der Waals surface area contributed by atoms with Gasteiger partial charge in [-0.05, 0) is 55.3 Å². The van der Waals surface area contributed by atoms with Crippen molar-refractivity contribution < 1.29 is 9.90 Å². The summed E-state index contributed by atoms with van der Waals surface area (Å²) in [5.74, 6) is 3.12. The molecule has 5 atom stereocenters. The van der Waals surface area contributed by atoms with Crippen molar-refractivity contribution >= 4 is 5.97 Å². The van der Waals surface area contributed by atoms with Crippen LogP contribution in [0.3, 0.4) is 0 Å². The van der Waals surface area contributed by atoms with E-state index in [-0.39, 0.29) is 0 Å².